The number of aromatic amines is 2. The first-order chi connectivity index (χ1) is 6.99. The minimum Gasteiger partial charge on any atom is -0.272 e. The molecular formula is C10H17N3OS. The number of nitrogens with zero attached hydrogens (tertiary/aromatic N) is 1. The Morgan fingerprint density at radius 1 is 1.47 bits per heavy atom. The van der Waals surface area contributed by atoms with Gasteiger partial charge in [0, 0.05) is 6.04 Å². The van der Waals surface area contributed by atoms with Gasteiger partial charge in [-0.15, -0.1) is 0 Å². The van der Waals surface area contributed by atoms with Crippen LogP contribution >= 0.6 is 12.2 Å². The second-order valence-electron chi connectivity index (χ2n) is 5.14. The van der Waals surface area contributed by atoms with Gasteiger partial charge in [0.05, 0.1) is 0 Å². The highest BCUT2D eigenvalue weighted by molar-refractivity contribution is 7.71. The van der Waals surface area contributed by atoms with E-state index in [0.717, 1.165) is 12.8 Å². The number of nitrogens with one attached hydrogen (secondary N) is 2. The van der Waals surface area contributed by atoms with Gasteiger partial charge in [-0.1, -0.05) is 20.3 Å². The first-order valence-electron chi connectivity index (χ1n) is 5.39. The summed E-state index contributed by atoms with van der Waals surface area (Å²) in [6.07, 6.45) is 4.49. The molecule has 1 atom stereocenters. The zero-order chi connectivity index (χ0) is 11.1. The standard InChI is InChI=1S/C10H17N3OS/c1-10(2)5-3-4-7(6-10)13-8(14)11-12-9(13)15/h7H,3-6H2,1-2H3,(H,11,14)(H,12,15). The van der Waals surface area contributed by atoms with Crippen molar-refractivity contribution < 1.29 is 0 Å². The Balaban J connectivity index is 2.32. The number of aromatic nitrogens is 3. The monoisotopic (exact) mass is 227 g/mol. The Labute approximate surface area is 93.7 Å². The van der Waals surface area contributed by atoms with Crippen LogP contribution in [-0.4, -0.2) is 14.8 Å². The predicted molar refractivity (Wildman–Crippen MR) is 61.5 cm³/mol. The summed E-state index contributed by atoms with van der Waals surface area (Å²) in [6.45, 7) is 4.51. The second-order valence-corrected chi connectivity index (χ2v) is 5.53. The van der Waals surface area contributed by atoms with Gasteiger partial charge in [-0.3, -0.25) is 9.67 Å². The highest BCUT2D eigenvalue weighted by atomic mass is 32.1. The predicted octanol–water partition coefficient (Wildman–Crippen LogP) is 2.38. The van der Waals surface area contributed by atoms with Crippen molar-refractivity contribution in [2.24, 2.45) is 5.41 Å². The third kappa shape index (κ3) is 2.07. The van der Waals surface area contributed by atoms with Crippen LogP contribution in [0.3, 0.4) is 0 Å². The van der Waals surface area contributed by atoms with Crippen molar-refractivity contribution in [2.45, 2.75) is 45.6 Å². The Kier molecular flexibility index (Phi) is 2.58. The van der Waals surface area contributed by atoms with Gasteiger partial charge in [0.15, 0.2) is 4.77 Å². The topological polar surface area (TPSA) is 53.6 Å². The molecule has 1 aliphatic rings. The molecule has 15 heavy (non-hydrogen) atoms. The quantitative estimate of drug-likeness (QED) is 0.724. The molecule has 1 heterocycles. The molecule has 1 saturated carbocycles. The fourth-order valence-corrected chi connectivity index (χ4v) is 2.81. The normalized spacial score (nSPS) is 25.3. The summed E-state index contributed by atoms with van der Waals surface area (Å²) in [5.41, 5.74) is 0.212. The van der Waals surface area contributed by atoms with E-state index in [9.17, 15) is 4.79 Å². The van der Waals surface area contributed by atoms with Crippen LogP contribution in [0.5, 0.6) is 0 Å². The maximum atomic E-state index is 11.6. The first kappa shape index (κ1) is 10.7. The lowest BCUT2D eigenvalue weighted by molar-refractivity contribution is 0.180. The lowest BCUT2D eigenvalue weighted by atomic mass is 9.75. The molecule has 0 amide bonds. The van der Waals surface area contributed by atoms with Gasteiger partial charge in [0.25, 0.3) is 0 Å². The summed E-state index contributed by atoms with van der Waals surface area (Å²) in [4.78, 5) is 11.6. The van der Waals surface area contributed by atoms with Crippen molar-refractivity contribution in [1.82, 2.24) is 14.8 Å². The molecule has 0 bridgehead atoms. The number of rotatable bonds is 1. The molecule has 0 saturated heterocycles. The SMILES string of the molecule is CC1(C)CCCC(n2c(=O)[nH][nH]c2=S)C1. The molecule has 1 unspecified atom stereocenters. The summed E-state index contributed by atoms with van der Waals surface area (Å²) in [7, 11) is 0. The largest absolute Gasteiger partial charge is 0.342 e. The van der Waals surface area contributed by atoms with Gasteiger partial charge in [-0.25, -0.2) is 9.89 Å². The molecule has 1 fully saturated rings. The van der Waals surface area contributed by atoms with E-state index < -0.39 is 0 Å². The lowest BCUT2D eigenvalue weighted by Gasteiger charge is -2.35. The summed E-state index contributed by atoms with van der Waals surface area (Å²) < 4.78 is 2.21. The molecule has 1 aliphatic carbocycles. The Morgan fingerprint density at radius 2 is 2.20 bits per heavy atom. The fourth-order valence-electron chi connectivity index (χ4n) is 2.53. The number of hydrogen-bond acceptors (Lipinski definition) is 2. The van der Waals surface area contributed by atoms with Crippen LogP contribution in [0.1, 0.15) is 45.6 Å². The molecule has 0 radical (unpaired) electrons. The summed E-state index contributed by atoms with van der Waals surface area (Å²) in [5, 5.41) is 5.24. The summed E-state index contributed by atoms with van der Waals surface area (Å²) in [5.74, 6) is 0. The maximum absolute atomic E-state index is 11.6. The van der Waals surface area contributed by atoms with Gasteiger partial charge in [-0.05, 0) is 36.9 Å². The van der Waals surface area contributed by atoms with E-state index >= 15 is 0 Å². The van der Waals surface area contributed by atoms with Crippen LogP contribution < -0.4 is 5.69 Å². The Hall–Kier alpha value is -0.840. The van der Waals surface area contributed by atoms with Crippen LogP contribution in [0.15, 0.2) is 4.79 Å². The van der Waals surface area contributed by atoms with Gasteiger partial charge < -0.3 is 0 Å². The summed E-state index contributed by atoms with van der Waals surface area (Å²) >= 11 is 5.10. The minimum atomic E-state index is -0.109. The van der Waals surface area contributed by atoms with Crippen molar-refractivity contribution in [2.75, 3.05) is 0 Å². The molecule has 0 aliphatic heterocycles. The van der Waals surface area contributed by atoms with Crippen molar-refractivity contribution in [3.05, 3.63) is 15.3 Å². The van der Waals surface area contributed by atoms with Crippen molar-refractivity contribution in [3.8, 4) is 0 Å². The summed E-state index contributed by atoms with van der Waals surface area (Å²) in [6, 6.07) is 0.260. The van der Waals surface area contributed by atoms with Crippen LogP contribution in [0.4, 0.5) is 0 Å². The Bertz CT molecular complexity index is 426. The number of hydrogen-bond donors (Lipinski definition) is 2. The van der Waals surface area contributed by atoms with Gasteiger partial charge >= 0.3 is 5.69 Å². The van der Waals surface area contributed by atoms with E-state index in [-0.39, 0.29) is 11.7 Å². The molecule has 5 heteroatoms. The molecular weight excluding hydrogens is 210 g/mol. The fraction of sp³-hybridized carbons (Fsp3) is 0.800. The maximum Gasteiger partial charge on any atom is 0.342 e. The zero-order valence-corrected chi connectivity index (χ0v) is 9.99. The van der Waals surface area contributed by atoms with E-state index in [2.05, 4.69) is 24.0 Å². The van der Waals surface area contributed by atoms with E-state index in [1.165, 1.54) is 12.8 Å². The molecule has 1 aromatic rings. The van der Waals surface area contributed by atoms with Gasteiger partial charge in [-0.2, -0.15) is 0 Å². The van der Waals surface area contributed by atoms with E-state index in [1.807, 2.05) is 0 Å². The average Bonchev–Trinajstić information content (AvgIpc) is 2.44. The van der Waals surface area contributed by atoms with Crippen LogP contribution in [-0.2, 0) is 0 Å². The first-order valence-corrected chi connectivity index (χ1v) is 5.80. The number of H-pyrrole nitrogens is 2. The highest BCUT2D eigenvalue weighted by Gasteiger charge is 2.30. The van der Waals surface area contributed by atoms with Crippen molar-refractivity contribution >= 4 is 12.2 Å². The van der Waals surface area contributed by atoms with Crippen LogP contribution in [0.2, 0.25) is 0 Å². The zero-order valence-electron chi connectivity index (χ0n) is 9.17. The molecule has 84 valence electrons. The second kappa shape index (κ2) is 3.63. The van der Waals surface area contributed by atoms with Crippen LogP contribution in [0.25, 0.3) is 0 Å². The smallest absolute Gasteiger partial charge is 0.272 e. The third-order valence-electron chi connectivity index (χ3n) is 3.26. The van der Waals surface area contributed by atoms with Gasteiger partial charge in [0.2, 0.25) is 0 Å². The molecule has 1 aromatic heterocycles. The average molecular weight is 227 g/mol. The Morgan fingerprint density at radius 3 is 2.73 bits per heavy atom. The molecule has 2 N–H and O–H groups in total. The lowest BCUT2D eigenvalue weighted by Crippen LogP contribution is -2.30. The van der Waals surface area contributed by atoms with E-state index in [4.69, 9.17) is 12.2 Å². The van der Waals surface area contributed by atoms with E-state index in [0.29, 0.717) is 10.2 Å². The highest BCUT2D eigenvalue weighted by Crippen LogP contribution is 2.40. The molecule has 0 spiro atoms. The van der Waals surface area contributed by atoms with Crippen LogP contribution in [0, 0.1) is 10.2 Å². The minimum absolute atomic E-state index is 0.109. The van der Waals surface area contributed by atoms with E-state index in [1.54, 1.807) is 4.57 Å². The van der Waals surface area contributed by atoms with Crippen molar-refractivity contribution in [1.29, 1.82) is 0 Å². The van der Waals surface area contributed by atoms with Crippen molar-refractivity contribution in [3.63, 3.8) is 0 Å². The molecule has 0 aromatic carbocycles. The molecule has 4 nitrogen and oxygen atoms in total. The molecule has 2 rings (SSSR count). The third-order valence-corrected chi connectivity index (χ3v) is 3.56. The van der Waals surface area contributed by atoms with Gasteiger partial charge in [0.1, 0.15) is 0 Å².